The second-order valence-electron chi connectivity index (χ2n) is 6.60. The minimum atomic E-state index is 0.333. The Kier molecular flexibility index (Phi) is 3.28. The fourth-order valence-electron chi connectivity index (χ4n) is 3.90. The molecule has 4 aromatic rings. The minimum Gasteiger partial charge on any atom is -0.0726 e. The van der Waals surface area contributed by atoms with E-state index in [1.54, 1.807) is 0 Å². The molecule has 118 valence electrons. The lowest BCUT2D eigenvalue weighted by atomic mass is 9.93. The van der Waals surface area contributed by atoms with E-state index in [4.69, 9.17) is 0 Å². The van der Waals surface area contributed by atoms with E-state index in [-0.39, 0.29) is 0 Å². The van der Waals surface area contributed by atoms with Crippen LogP contribution in [0.4, 0.5) is 0 Å². The summed E-state index contributed by atoms with van der Waals surface area (Å²) in [4.78, 5) is 0. The molecule has 1 aliphatic rings. The Bertz CT molecular complexity index is 1130. The Morgan fingerprint density at radius 3 is 2.04 bits per heavy atom. The van der Waals surface area contributed by atoms with E-state index in [0.29, 0.717) is 5.92 Å². The topological polar surface area (TPSA) is 0 Å². The van der Waals surface area contributed by atoms with Crippen LogP contribution in [-0.4, -0.2) is 0 Å². The van der Waals surface area contributed by atoms with Crippen LogP contribution in [0.15, 0.2) is 103 Å². The van der Waals surface area contributed by atoms with Gasteiger partial charge in [-0.05, 0) is 38.2 Å². The quantitative estimate of drug-likeness (QED) is 0.384. The maximum Gasteiger partial charge on any atom is 0.0217 e. The van der Waals surface area contributed by atoms with Crippen LogP contribution in [0.1, 0.15) is 17.0 Å². The third-order valence-electron chi connectivity index (χ3n) is 5.13. The molecule has 25 heavy (non-hydrogen) atoms. The van der Waals surface area contributed by atoms with Gasteiger partial charge in [0.1, 0.15) is 0 Å². The van der Waals surface area contributed by atoms with Crippen molar-refractivity contribution in [3.05, 3.63) is 114 Å². The van der Waals surface area contributed by atoms with Gasteiger partial charge in [0.05, 0.1) is 0 Å². The molecular formula is C25H18. The fourth-order valence-corrected chi connectivity index (χ4v) is 3.90. The van der Waals surface area contributed by atoms with Crippen molar-refractivity contribution >= 4 is 27.1 Å². The first kappa shape index (κ1) is 14.2. The van der Waals surface area contributed by atoms with E-state index < -0.39 is 0 Å². The minimum absolute atomic E-state index is 0.333. The highest BCUT2D eigenvalue weighted by molar-refractivity contribution is 5.97. The van der Waals surface area contributed by atoms with E-state index in [1.807, 2.05) is 0 Å². The average Bonchev–Trinajstić information content (AvgIpc) is 3.17. The van der Waals surface area contributed by atoms with E-state index in [2.05, 4.69) is 103 Å². The molecule has 0 N–H and O–H groups in total. The highest BCUT2D eigenvalue weighted by Gasteiger charge is 2.16. The Labute approximate surface area is 147 Å². The zero-order valence-electron chi connectivity index (χ0n) is 13.9. The lowest BCUT2D eigenvalue weighted by molar-refractivity contribution is 1.12. The fraction of sp³-hybridized carbons (Fsp3) is 0.0400. The smallest absolute Gasteiger partial charge is 0.0217 e. The Morgan fingerprint density at radius 2 is 1.20 bits per heavy atom. The molecule has 5 rings (SSSR count). The van der Waals surface area contributed by atoms with Crippen molar-refractivity contribution in [2.24, 2.45) is 0 Å². The number of allylic oxidation sites excluding steroid dienone is 4. The van der Waals surface area contributed by atoms with E-state index in [9.17, 15) is 0 Å². The molecule has 4 aromatic carbocycles. The van der Waals surface area contributed by atoms with Crippen LogP contribution in [0.3, 0.4) is 0 Å². The summed E-state index contributed by atoms with van der Waals surface area (Å²) in [5.41, 5.74) is 4.01. The molecule has 0 radical (unpaired) electrons. The molecule has 0 nitrogen and oxygen atoms in total. The third-order valence-corrected chi connectivity index (χ3v) is 5.13. The van der Waals surface area contributed by atoms with Crippen LogP contribution in [0.5, 0.6) is 0 Å². The van der Waals surface area contributed by atoms with E-state index in [0.717, 1.165) is 0 Å². The predicted molar refractivity (Wildman–Crippen MR) is 108 cm³/mol. The van der Waals surface area contributed by atoms with Gasteiger partial charge >= 0.3 is 0 Å². The van der Waals surface area contributed by atoms with Crippen LogP contribution >= 0.6 is 0 Å². The van der Waals surface area contributed by atoms with Crippen molar-refractivity contribution in [2.75, 3.05) is 0 Å². The Hall–Kier alpha value is -3.12. The summed E-state index contributed by atoms with van der Waals surface area (Å²) >= 11 is 0. The first-order valence-electron chi connectivity index (χ1n) is 8.76. The van der Waals surface area contributed by atoms with Gasteiger partial charge in [0.25, 0.3) is 0 Å². The lowest BCUT2D eigenvalue weighted by Gasteiger charge is -2.10. The van der Waals surface area contributed by atoms with Crippen molar-refractivity contribution in [3.63, 3.8) is 0 Å². The summed E-state index contributed by atoms with van der Waals surface area (Å²) in [6.07, 6.45) is 6.98. The maximum absolute atomic E-state index is 2.39. The molecule has 0 heteroatoms. The number of hydrogen-bond donors (Lipinski definition) is 0. The molecule has 0 fully saturated rings. The number of benzene rings is 4. The Balaban J connectivity index is 1.63. The normalized spacial score (nSPS) is 16.5. The van der Waals surface area contributed by atoms with Gasteiger partial charge < -0.3 is 0 Å². The molecule has 0 aromatic heterocycles. The van der Waals surface area contributed by atoms with Crippen molar-refractivity contribution in [1.29, 1.82) is 0 Å². The summed E-state index contributed by atoms with van der Waals surface area (Å²) in [6, 6.07) is 30.4. The molecule has 1 atom stereocenters. The zero-order valence-corrected chi connectivity index (χ0v) is 13.9. The van der Waals surface area contributed by atoms with Gasteiger partial charge in [0.15, 0.2) is 0 Å². The van der Waals surface area contributed by atoms with Crippen LogP contribution < -0.4 is 0 Å². The van der Waals surface area contributed by atoms with Crippen molar-refractivity contribution in [3.8, 4) is 0 Å². The van der Waals surface area contributed by atoms with Gasteiger partial charge in [-0.15, -0.1) is 0 Å². The van der Waals surface area contributed by atoms with Gasteiger partial charge in [-0.3, -0.25) is 0 Å². The molecule has 1 unspecified atom stereocenters. The summed E-state index contributed by atoms with van der Waals surface area (Å²) in [6.45, 7) is 0. The summed E-state index contributed by atoms with van der Waals surface area (Å²) in [5.74, 6) is 0.333. The van der Waals surface area contributed by atoms with Gasteiger partial charge in [-0.1, -0.05) is 103 Å². The number of rotatable bonds is 2. The molecular weight excluding hydrogens is 300 g/mol. The van der Waals surface area contributed by atoms with Gasteiger partial charge in [-0.2, -0.15) is 0 Å². The SMILES string of the molecule is C1=CC(c2cccc3ccccc23)C=C1c1cccc2ccccc12. The van der Waals surface area contributed by atoms with Crippen molar-refractivity contribution < 1.29 is 0 Å². The zero-order chi connectivity index (χ0) is 16.6. The second kappa shape index (κ2) is 5.75. The highest BCUT2D eigenvalue weighted by Crippen LogP contribution is 2.37. The van der Waals surface area contributed by atoms with E-state index >= 15 is 0 Å². The molecule has 0 heterocycles. The maximum atomic E-state index is 2.39. The summed E-state index contributed by atoms with van der Waals surface area (Å²) in [5, 5.41) is 5.26. The second-order valence-corrected chi connectivity index (χ2v) is 6.60. The Morgan fingerprint density at radius 1 is 0.560 bits per heavy atom. The molecule has 1 aliphatic carbocycles. The third kappa shape index (κ3) is 2.38. The van der Waals surface area contributed by atoms with Crippen LogP contribution in [0.25, 0.3) is 27.1 Å². The van der Waals surface area contributed by atoms with Crippen molar-refractivity contribution in [1.82, 2.24) is 0 Å². The predicted octanol–water partition coefficient (Wildman–Crippen LogP) is 6.73. The van der Waals surface area contributed by atoms with Gasteiger partial charge in [0.2, 0.25) is 0 Å². The molecule has 0 saturated carbocycles. The van der Waals surface area contributed by atoms with Crippen LogP contribution in [0.2, 0.25) is 0 Å². The van der Waals surface area contributed by atoms with Gasteiger partial charge in [-0.25, -0.2) is 0 Å². The van der Waals surface area contributed by atoms with E-state index in [1.165, 1.54) is 38.2 Å². The molecule has 0 spiro atoms. The summed E-state index contributed by atoms with van der Waals surface area (Å²) in [7, 11) is 0. The molecule has 0 amide bonds. The number of hydrogen-bond acceptors (Lipinski definition) is 0. The van der Waals surface area contributed by atoms with Crippen LogP contribution in [-0.2, 0) is 0 Å². The lowest BCUT2D eigenvalue weighted by Crippen LogP contribution is -1.91. The molecule has 0 bridgehead atoms. The van der Waals surface area contributed by atoms with Crippen molar-refractivity contribution in [2.45, 2.75) is 5.92 Å². The summed E-state index contributed by atoms with van der Waals surface area (Å²) < 4.78 is 0. The highest BCUT2D eigenvalue weighted by atomic mass is 14.2. The largest absolute Gasteiger partial charge is 0.0726 e. The molecule has 0 aliphatic heterocycles. The monoisotopic (exact) mass is 318 g/mol. The van der Waals surface area contributed by atoms with Crippen LogP contribution in [0, 0.1) is 0 Å². The number of fused-ring (bicyclic) bond motifs is 2. The standard InChI is InChI=1S/C25H18/c1-3-11-22-18(7-1)9-5-13-24(22)20-15-16-21(17-20)25-14-6-10-19-8-2-4-12-23(19)25/h1-17,20H. The molecule has 0 saturated heterocycles. The average molecular weight is 318 g/mol. The van der Waals surface area contributed by atoms with Gasteiger partial charge in [0, 0.05) is 5.92 Å². The first-order chi connectivity index (χ1) is 12.4. The first-order valence-corrected chi connectivity index (χ1v) is 8.76.